The third-order valence-electron chi connectivity index (χ3n) is 13.7. The number of aliphatic hydroxyl groups is 2. The number of benzene rings is 2. The van der Waals surface area contributed by atoms with Crippen molar-refractivity contribution in [3.63, 3.8) is 0 Å². The minimum atomic E-state index is -4.01. The first-order chi connectivity index (χ1) is 23.4. The van der Waals surface area contributed by atoms with Crippen molar-refractivity contribution in [3.8, 4) is 0 Å². The first kappa shape index (κ1) is 34.0. The van der Waals surface area contributed by atoms with E-state index in [2.05, 4.69) is 32.5 Å². The summed E-state index contributed by atoms with van der Waals surface area (Å²) in [5.74, 6) is -1.68. The number of piperidine rings is 1. The normalized spacial score (nSPS) is 43.3. The maximum absolute atomic E-state index is 14.4. The van der Waals surface area contributed by atoms with Crippen LogP contribution in [-0.2, 0) is 29.0 Å². The highest BCUT2D eigenvalue weighted by molar-refractivity contribution is 9.10. The van der Waals surface area contributed by atoms with Gasteiger partial charge in [0.05, 0.1) is 34.5 Å². The summed E-state index contributed by atoms with van der Waals surface area (Å²) in [5, 5.41) is 25.9. The molecule has 5 saturated carbocycles. The lowest BCUT2D eigenvalue weighted by Gasteiger charge is -2.70. The Kier molecular flexibility index (Phi) is 7.95. The second kappa shape index (κ2) is 11.4. The molecular formula is C36H45BrN2O9S. The predicted molar refractivity (Wildman–Crippen MR) is 182 cm³/mol. The molecule has 12 atom stereocenters. The summed E-state index contributed by atoms with van der Waals surface area (Å²) in [4.78, 5) is 16.8. The quantitative estimate of drug-likeness (QED) is 0.323. The van der Waals surface area contributed by atoms with Crippen molar-refractivity contribution in [2.45, 2.75) is 85.1 Å². The Morgan fingerprint density at radius 2 is 1.76 bits per heavy atom. The van der Waals surface area contributed by atoms with Crippen LogP contribution in [0.15, 0.2) is 57.9 Å². The summed E-state index contributed by atoms with van der Waals surface area (Å²) in [6, 6.07) is 12.7. The number of hydrogen-bond donors (Lipinski definition) is 3. The standard InChI is InChI=1S/C36H45BrN2O9S/c1-5-39-19-33(48-32(40)22-8-6-7-9-25(22)38-49(43,44)21-12-10-20(37)11-13-21)15-14-29(46-3)35-27(33)17-24(30(35)39)34(41)18-26(45-2)23-16-28(35)36(34,42)31(23)47-4/h6-13,23-24,26-31,38,41-42H,5,14-19H2,1-4H3/t23-,24+,26+,27-,28+,29+,30?,31+,33-,34+,35+,36+/m1/s1. The molecule has 266 valence electrons. The number of fused-ring (bicyclic) bond motifs is 2. The average molecular weight is 762 g/mol. The number of likely N-dealkylation sites (N-methyl/N-ethyl adjacent to an activating group) is 1. The second-order valence-corrected chi connectivity index (χ2v) is 17.7. The molecule has 2 aromatic rings. The molecule has 1 heterocycles. The van der Waals surface area contributed by atoms with Gasteiger partial charge in [-0.1, -0.05) is 35.0 Å². The molecule has 1 unspecified atom stereocenters. The maximum Gasteiger partial charge on any atom is 0.340 e. The zero-order valence-corrected chi connectivity index (χ0v) is 30.6. The van der Waals surface area contributed by atoms with Gasteiger partial charge in [-0.25, -0.2) is 13.2 Å². The van der Waals surface area contributed by atoms with Crippen molar-refractivity contribution in [3.05, 3.63) is 58.6 Å². The summed E-state index contributed by atoms with van der Waals surface area (Å²) in [6.45, 7) is 3.21. The average Bonchev–Trinajstić information content (AvgIpc) is 3.51. The van der Waals surface area contributed by atoms with Crippen LogP contribution >= 0.6 is 15.9 Å². The van der Waals surface area contributed by atoms with E-state index in [1.165, 1.54) is 12.1 Å². The number of hydrogen-bond acceptors (Lipinski definition) is 10. The lowest BCUT2D eigenvalue weighted by Crippen LogP contribution is -2.83. The molecule has 5 aliphatic carbocycles. The first-order valence-corrected chi connectivity index (χ1v) is 19.5. The predicted octanol–water partition coefficient (Wildman–Crippen LogP) is 3.83. The number of carbonyl (C=O) groups excluding carboxylic acids is 1. The summed E-state index contributed by atoms with van der Waals surface area (Å²) in [7, 11) is 0.990. The van der Waals surface area contributed by atoms with Crippen LogP contribution in [-0.4, -0.2) is 105 Å². The van der Waals surface area contributed by atoms with Crippen molar-refractivity contribution < 1.29 is 42.4 Å². The zero-order valence-electron chi connectivity index (χ0n) is 28.2. The van der Waals surface area contributed by atoms with E-state index in [0.717, 1.165) is 4.47 Å². The molecule has 1 saturated heterocycles. The van der Waals surface area contributed by atoms with Crippen molar-refractivity contribution in [1.82, 2.24) is 4.90 Å². The van der Waals surface area contributed by atoms with E-state index in [0.29, 0.717) is 45.2 Å². The molecule has 3 N–H and O–H groups in total. The van der Waals surface area contributed by atoms with Crippen LogP contribution in [0.3, 0.4) is 0 Å². The van der Waals surface area contributed by atoms with E-state index in [1.807, 2.05) is 0 Å². The number of anilines is 1. The zero-order chi connectivity index (χ0) is 34.7. The molecule has 6 aliphatic rings. The smallest absolute Gasteiger partial charge is 0.340 e. The molecule has 49 heavy (non-hydrogen) atoms. The second-order valence-electron chi connectivity index (χ2n) is 15.1. The summed E-state index contributed by atoms with van der Waals surface area (Å²) in [6.07, 6.45) is 1.46. The van der Waals surface area contributed by atoms with E-state index in [9.17, 15) is 23.4 Å². The summed E-state index contributed by atoms with van der Waals surface area (Å²) in [5.41, 5.74) is -4.37. The SMILES string of the molecule is CCN1C[C@]2(OC(=O)c3ccccc3NS(=O)(=O)c3ccc(Br)cc3)CC[C@H](OC)[C@]34C1[C@H](C[C@H]23)[C@@]1(O)C[C@H](OC)[C@H]2C[C@@H]4[C@]1(O)[C@H]2OC. The molecule has 2 aromatic carbocycles. The topological polar surface area (TPSA) is 144 Å². The fourth-order valence-corrected chi connectivity index (χ4v) is 13.6. The number of sulfonamides is 1. The molecule has 13 heteroatoms. The van der Waals surface area contributed by atoms with Gasteiger partial charge >= 0.3 is 5.97 Å². The fourth-order valence-electron chi connectivity index (χ4n) is 12.2. The number of nitrogens with zero attached hydrogens (tertiary/aromatic N) is 1. The van der Waals surface area contributed by atoms with Gasteiger partial charge in [0.2, 0.25) is 0 Å². The largest absolute Gasteiger partial charge is 0.454 e. The number of nitrogens with one attached hydrogen (secondary N) is 1. The number of methoxy groups -OCH3 is 3. The molecular weight excluding hydrogens is 716 g/mol. The van der Waals surface area contributed by atoms with Crippen LogP contribution in [0.4, 0.5) is 5.69 Å². The summed E-state index contributed by atoms with van der Waals surface area (Å²) >= 11 is 3.34. The van der Waals surface area contributed by atoms with E-state index in [1.54, 1.807) is 57.7 Å². The Morgan fingerprint density at radius 1 is 1.02 bits per heavy atom. The van der Waals surface area contributed by atoms with Gasteiger partial charge in [0.15, 0.2) is 0 Å². The van der Waals surface area contributed by atoms with E-state index in [4.69, 9.17) is 18.9 Å². The minimum absolute atomic E-state index is 0.0637. The molecule has 0 amide bonds. The molecule has 11 nitrogen and oxygen atoms in total. The Bertz CT molecular complexity index is 1760. The molecule has 1 aliphatic heterocycles. The number of para-hydroxylation sites is 1. The number of likely N-dealkylation sites (tertiary alicyclic amines) is 1. The van der Waals surface area contributed by atoms with E-state index in [-0.39, 0.29) is 52.1 Å². The van der Waals surface area contributed by atoms with Crippen molar-refractivity contribution >= 4 is 37.6 Å². The van der Waals surface area contributed by atoms with Gasteiger partial charge in [-0.3, -0.25) is 9.62 Å². The number of esters is 1. The lowest BCUT2D eigenvalue weighted by molar-refractivity contribution is -0.337. The molecule has 0 radical (unpaired) electrons. The molecule has 6 fully saturated rings. The number of halogens is 1. The van der Waals surface area contributed by atoms with Gasteiger partial charge < -0.3 is 29.2 Å². The van der Waals surface area contributed by atoms with Crippen LogP contribution in [0.1, 0.15) is 49.4 Å². The summed E-state index contributed by atoms with van der Waals surface area (Å²) < 4.78 is 55.3. The van der Waals surface area contributed by atoms with Gasteiger partial charge in [0.1, 0.15) is 16.8 Å². The number of ether oxygens (including phenoxy) is 4. The number of rotatable bonds is 9. The fraction of sp³-hybridized carbons (Fsp3) is 0.639. The Labute approximate surface area is 295 Å². The van der Waals surface area contributed by atoms with E-state index >= 15 is 0 Å². The van der Waals surface area contributed by atoms with Gasteiger partial charge in [-0.05, 0) is 68.6 Å². The molecule has 1 spiro atoms. The van der Waals surface area contributed by atoms with Crippen LogP contribution in [0.5, 0.6) is 0 Å². The molecule has 0 aromatic heterocycles. The minimum Gasteiger partial charge on any atom is -0.454 e. The van der Waals surface area contributed by atoms with Crippen LogP contribution in [0.2, 0.25) is 0 Å². The third-order valence-corrected chi connectivity index (χ3v) is 15.6. The van der Waals surface area contributed by atoms with Crippen molar-refractivity contribution in [2.75, 3.05) is 39.1 Å². The Balaban J connectivity index is 1.21. The highest BCUT2D eigenvalue weighted by atomic mass is 79.9. The van der Waals surface area contributed by atoms with Crippen LogP contribution in [0, 0.1) is 29.1 Å². The lowest BCUT2D eigenvalue weighted by atomic mass is 9.44. The highest BCUT2D eigenvalue weighted by Crippen LogP contribution is 2.79. The van der Waals surface area contributed by atoms with Gasteiger partial charge in [-0.15, -0.1) is 0 Å². The molecule has 8 rings (SSSR count). The molecule has 7 bridgehead atoms. The van der Waals surface area contributed by atoms with Crippen molar-refractivity contribution in [2.24, 2.45) is 29.1 Å². The Morgan fingerprint density at radius 3 is 2.43 bits per heavy atom. The van der Waals surface area contributed by atoms with Crippen LogP contribution in [0.25, 0.3) is 0 Å². The van der Waals surface area contributed by atoms with Crippen molar-refractivity contribution in [1.29, 1.82) is 0 Å². The monoisotopic (exact) mass is 760 g/mol. The third kappa shape index (κ3) is 4.27. The Hall–Kier alpha value is -2.10. The first-order valence-electron chi connectivity index (χ1n) is 17.2. The van der Waals surface area contributed by atoms with Gasteiger partial charge in [-0.2, -0.15) is 0 Å². The van der Waals surface area contributed by atoms with Crippen LogP contribution < -0.4 is 4.72 Å². The highest BCUT2D eigenvalue weighted by Gasteiger charge is 2.89. The van der Waals surface area contributed by atoms with Gasteiger partial charge in [0.25, 0.3) is 10.0 Å². The number of carbonyl (C=O) groups is 1. The van der Waals surface area contributed by atoms with Gasteiger partial charge in [0, 0.05) is 73.9 Å². The maximum atomic E-state index is 14.4. The van der Waals surface area contributed by atoms with E-state index < -0.39 is 50.2 Å².